The summed E-state index contributed by atoms with van der Waals surface area (Å²) in [6.45, 7) is 5.95. The number of nitrogens with zero attached hydrogens (tertiary/aromatic N) is 2. The number of benzene rings is 1. The SMILES string of the molecule is CCCNC(Cc1ccccc1F)c1cnn(CC)c1. The quantitative estimate of drug-likeness (QED) is 0.840. The van der Waals surface area contributed by atoms with Gasteiger partial charge in [0.2, 0.25) is 0 Å². The van der Waals surface area contributed by atoms with E-state index in [1.54, 1.807) is 6.07 Å². The van der Waals surface area contributed by atoms with Gasteiger partial charge in [0.1, 0.15) is 5.82 Å². The van der Waals surface area contributed by atoms with Gasteiger partial charge in [-0.3, -0.25) is 4.68 Å². The lowest BCUT2D eigenvalue weighted by molar-refractivity contribution is 0.512. The van der Waals surface area contributed by atoms with Crippen molar-refractivity contribution in [1.29, 1.82) is 0 Å². The van der Waals surface area contributed by atoms with Crippen molar-refractivity contribution in [2.75, 3.05) is 6.54 Å². The molecule has 0 aliphatic rings. The van der Waals surface area contributed by atoms with Gasteiger partial charge in [-0.1, -0.05) is 25.1 Å². The predicted molar refractivity (Wildman–Crippen MR) is 79.0 cm³/mol. The number of hydrogen-bond donors (Lipinski definition) is 1. The Morgan fingerprint density at radius 3 is 2.75 bits per heavy atom. The molecule has 0 saturated carbocycles. The third kappa shape index (κ3) is 3.67. The van der Waals surface area contributed by atoms with Crippen LogP contribution in [0.25, 0.3) is 0 Å². The van der Waals surface area contributed by atoms with E-state index in [1.807, 2.05) is 29.2 Å². The number of aryl methyl sites for hydroxylation is 1. The lowest BCUT2D eigenvalue weighted by Gasteiger charge is -2.17. The van der Waals surface area contributed by atoms with E-state index in [0.717, 1.165) is 30.6 Å². The fraction of sp³-hybridized carbons (Fsp3) is 0.438. The first-order valence-corrected chi connectivity index (χ1v) is 7.23. The van der Waals surface area contributed by atoms with E-state index in [4.69, 9.17) is 0 Å². The van der Waals surface area contributed by atoms with Gasteiger partial charge >= 0.3 is 0 Å². The van der Waals surface area contributed by atoms with Crippen LogP contribution in [0.2, 0.25) is 0 Å². The summed E-state index contributed by atoms with van der Waals surface area (Å²) >= 11 is 0. The fourth-order valence-electron chi connectivity index (χ4n) is 2.24. The molecule has 2 rings (SSSR count). The molecule has 1 atom stereocenters. The lowest BCUT2D eigenvalue weighted by atomic mass is 10.0. The topological polar surface area (TPSA) is 29.9 Å². The lowest BCUT2D eigenvalue weighted by Crippen LogP contribution is -2.24. The maximum Gasteiger partial charge on any atom is 0.126 e. The number of halogens is 1. The van der Waals surface area contributed by atoms with Gasteiger partial charge in [-0.05, 0) is 37.9 Å². The van der Waals surface area contributed by atoms with Crippen LogP contribution < -0.4 is 5.32 Å². The molecule has 2 aromatic rings. The minimum Gasteiger partial charge on any atom is -0.310 e. The fourth-order valence-corrected chi connectivity index (χ4v) is 2.24. The minimum atomic E-state index is -0.140. The summed E-state index contributed by atoms with van der Waals surface area (Å²) in [4.78, 5) is 0. The Morgan fingerprint density at radius 2 is 2.10 bits per heavy atom. The number of hydrogen-bond acceptors (Lipinski definition) is 2. The van der Waals surface area contributed by atoms with E-state index in [9.17, 15) is 4.39 Å². The van der Waals surface area contributed by atoms with Crippen molar-refractivity contribution < 1.29 is 4.39 Å². The zero-order valence-corrected chi connectivity index (χ0v) is 12.1. The van der Waals surface area contributed by atoms with Gasteiger partial charge in [0.25, 0.3) is 0 Å². The van der Waals surface area contributed by atoms with Crippen LogP contribution in [-0.4, -0.2) is 16.3 Å². The molecule has 0 bridgehead atoms. The molecule has 20 heavy (non-hydrogen) atoms. The summed E-state index contributed by atoms with van der Waals surface area (Å²) in [5.41, 5.74) is 1.86. The molecule has 0 spiro atoms. The summed E-state index contributed by atoms with van der Waals surface area (Å²) < 4.78 is 15.7. The van der Waals surface area contributed by atoms with E-state index in [1.165, 1.54) is 6.07 Å². The van der Waals surface area contributed by atoms with Crippen molar-refractivity contribution in [2.45, 2.75) is 39.3 Å². The van der Waals surface area contributed by atoms with Crippen LogP contribution >= 0.6 is 0 Å². The van der Waals surface area contributed by atoms with E-state index >= 15 is 0 Å². The Kier molecular flexibility index (Phi) is 5.30. The van der Waals surface area contributed by atoms with Gasteiger partial charge in [0, 0.05) is 24.3 Å². The first kappa shape index (κ1) is 14.7. The van der Waals surface area contributed by atoms with Crippen LogP contribution in [0.1, 0.15) is 37.4 Å². The first-order chi connectivity index (χ1) is 9.74. The standard InChI is InChI=1S/C16H22FN3/c1-3-9-18-16(14-11-19-20(4-2)12-14)10-13-7-5-6-8-15(13)17/h5-8,11-12,16,18H,3-4,9-10H2,1-2H3. The van der Waals surface area contributed by atoms with E-state index in [2.05, 4.69) is 24.3 Å². The summed E-state index contributed by atoms with van der Waals surface area (Å²) in [7, 11) is 0. The number of nitrogens with one attached hydrogen (secondary N) is 1. The van der Waals surface area contributed by atoms with Crippen molar-refractivity contribution in [3.05, 3.63) is 53.6 Å². The maximum atomic E-state index is 13.8. The number of rotatable bonds is 7. The summed E-state index contributed by atoms with van der Waals surface area (Å²) in [6.07, 6.45) is 5.60. The zero-order valence-electron chi connectivity index (χ0n) is 12.1. The van der Waals surface area contributed by atoms with Crippen LogP contribution in [0.15, 0.2) is 36.7 Å². The molecule has 0 radical (unpaired) electrons. The third-order valence-corrected chi connectivity index (χ3v) is 3.40. The molecule has 0 fully saturated rings. The first-order valence-electron chi connectivity index (χ1n) is 7.23. The normalized spacial score (nSPS) is 12.6. The summed E-state index contributed by atoms with van der Waals surface area (Å²) in [6, 6.07) is 7.07. The molecule has 4 heteroatoms. The average molecular weight is 275 g/mol. The Bertz CT molecular complexity index is 536. The molecular weight excluding hydrogens is 253 g/mol. The molecular formula is C16H22FN3. The van der Waals surface area contributed by atoms with Crippen molar-refractivity contribution >= 4 is 0 Å². The Hall–Kier alpha value is -1.68. The summed E-state index contributed by atoms with van der Waals surface area (Å²) in [5.74, 6) is -0.140. The van der Waals surface area contributed by atoms with Crippen LogP contribution in [0, 0.1) is 5.82 Å². The highest BCUT2D eigenvalue weighted by Gasteiger charge is 2.15. The van der Waals surface area contributed by atoms with Gasteiger partial charge < -0.3 is 5.32 Å². The van der Waals surface area contributed by atoms with Crippen LogP contribution in [-0.2, 0) is 13.0 Å². The van der Waals surface area contributed by atoms with Crippen LogP contribution in [0.5, 0.6) is 0 Å². The molecule has 1 aromatic carbocycles. The Balaban J connectivity index is 2.17. The third-order valence-electron chi connectivity index (χ3n) is 3.40. The van der Waals surface area contributed by atoms with Crippen molar-refractivity contribution in [2.24, 2.45) is 0 Å². The minimum absolute atomic E-state index is 0.104. The molecule has 1 heterocycles. The second kappa shape index (κ2) is 7.20. The van der Waals surface area contributed by atoms with E-state index in [-0.39, 0.29) is 11.9 Å². The molecule has 1 unspecified atom stereocenters. The predicted octanol–water partition coefficient (Wildman–Crippen LogP) is 3.33. The molecule has 3 nitrogen and oxygen atoms in total. The molecule has 1 aromatic heterocycles. The smallest absolute Gasteiger partial charge is 0.126 e. The second-order valence-corrected chi connectivity index (χ2v) is 4.93. The van der Waals surface area contributed by atoms with Crippen molar-refractivity contribution in [1.82, 2.24) is 15.1 Å². The maximum absolute atomic E-state index is 13.8. The van der Waals surface area contributed by atoms with Gasteiger partial charge in [-0.25, -0.2) is 4.39 Å². The van der Waals surface area contributed by atoms with Gasteiger partial charge in [-0.15, -0.1) is 0 Å². The monoisotopic (exact) mass is 275 g/mol. The van der Waals surface area contributed by atoms with E-state index < -0.39 is 0 Å². The highest BCUT2D eigenvalue weighted by atomic mass is 19.1. The highest BCUT2D eigenvalue weighted by Crippen LogP contribution is 2.20. The van der Waals surface area contributed by atoms with Crippen molar-refractivity contribution in [3.63, 3.8) is 0 Å². The van der Waals surface area contributed by atoms with E-state index in [0.29, 0.717) is 6.42 Å². The van der Waals surface area contributed by atoms with Crippen molar-refractivity contribution in [3.8, 4) is 0 Å². The van der Waals surface area contributed by atoms with Gasteiger partial charge in [0.05, 0.1) is 6.20 Å². The zero-order chi connectivity index (χ0) is 14.4. The van der Waals surface area contributed by atoms with Crippen LogP contribution in [0.3, 0.4) is 0 Å². The Morgan fingerprint density at radius 1 is 1.30 bits per heavy atom. The summed E-state index contributed by atoms with van der Waals surface area (Å²) in [5, 5.41) is 7.79. The largest absolute Gasteiger partial charge is 0.310 e. The van der Waals surface area contributed by atoms with Gasteiger partial charge in [0.15, 0.2) is 0 Å². The number of aromatic nitrogens is 2. The average Bonchev–Trinajstić information content (AvgIpc) is 2.94. The van der Waals surface area contributed by atoms with Gasteiger partial charge in [-0.2, -0.15) is 5.10 Å². The molecule has 1 N–H and O–H groups in total. The second-order valence-electron chi connectivity index (χ2n) is 4.93. The molecule has 0 amide bonds. The van der Waals surface area contributed by atoms with Crippen LogP contribution in [0.4, 0.5) is 4.39 Å². The molecule has 0 aliphatic carbocycles. The molecule has 0 saturated heterocycles. The molecule has 108 valence electrons. The Labute approximate surface area is 119 Å². The molecule has 0 aliphatic heterocycles. The highest BCUT2D eigenvalue weighted by molar-refractivity contribution is 5.22.